The molecule has 98 valence electrons. The molecule has 0 bridgehead atoms. The Labute approximate surface area is 108 Å². The molecule has 3 nitrogen and oxygen atoms in total. The second-order valence-corrected chi connectivity index (χ2v) is 5.08. The lowest BCUT2D eigenvalue weighted by Crippen LogP contribution is -2.30. The molecule has 1 aliphatic rings. The maximum absolute atomic E-state index is 11.3. The highest BCUT2D eigenvalue weighted by molar-refractivity contribution is 7.85. The van der Waals surface area contributed by atoms with Crippen molar-refractivity contribution in [1.29, 1.82) is 0 Å². The van der Waals surface area contributed by atoms with Gasteiger partial charge in [0.05, 0.1) is 0 Å². The van der Waals surface area contributed by atoms with Crippen molar-refractivity contribution in [3.8, 4) is 0 Å². The Morgan fingerprint density at radius 3 is 2.50 bits per heavy atom. The number of allylic oxidation sites excluding steroid dienone is 2. The first-order chi connectivity index (χ1) is 8.50. The van der Waals surface area contributed by atoms with Crippen molar-refractivity contribution < 1.29 is 13.0 Å². The highest BCUT2D eigenvalue weighted by Crippen LogP contribution is 2.08. The third-order valence-electron chi connectivity index (χ3n) is 2.56. The summed E-state index contributed by atoms with van der Waals surface area (Å²) in [5.41, 5.74) is 0.557. The molecule has 1 aliphatic carbocycles. The predicted molar refractivity (Wildman–Crippen MR) is 74.3 cm³/mol. The molecule has 0 aliphatic heterocycles. The minimum absolute atomic E-state index is 0.00722. The lowest BCUT2D eigenvalue weighted by molar-refractivity contribution is 0.481. The predicted octanol–water partition coefficient (Wildman–Crippen LogP) is 1.79. The van der Waals surface area contributed by atoms with Gasteiger partial charge in [0.25, 0.3) is 10.1 Å². The molecule has 18 heavy (non-hydrogen) atoms. The zero-order valence-electron chi connectivity index (χ0n) is 10.8. The van der Waals surface area contributed by atoms with Crippen molar-refractivity contribution in [1.82, 2.24) is 0 Å². The molecule has 1 aromatic rings. The second-order valence-electron chi connectivity index (χ2n) is 3.72. The smallest absolute Gasteiger partial charge is 0.282 e. The van der Waals surface area contributed by atoms with Crippen LogP contribution >= 0.6 is 0 Å². The summed E-state index contributed by atoms with van der Waals surface area (Å²) in [5.74, 6) is 0. The van der Waals surface area contributed by atoms with Crippen LogP contribution in [0.4, 0.5) is 0 Å². The molecule has 0 unspecified atom stereocenters. The van der Waals surface area contributed by atoms with Gasteiger partial charge in [0.15, 0.2) is 0 Å². The Hall–Kier alpha value is -1.39. The molecule has 4 heteroatoms. The first kappa shape index (κ1) is 14.7. The van der Waals surface area contributed by atoms with Gasteiger partial charge in [0.2, 0.25) is 0 Å². The Kier molecular flexibility index (Phi) is 4.87. The maximum atomic E-state index is 11.3. The van der Waals surface area contributed by atoms with Crippen LogP contribution in [0.15, 0.2) is 29.2 Å². The first-order valence-corrected chi connectivity index (χ1v) is 7.38. The van der Waals surface area contributed by atoms with Crippen molar-refractivity contribution in [3.05, 3.63) is 40.3 Å². The summed E-state index contributed by atoms with van der Waals surface area (Å²) >= 11 is 0. The van der Waals surface area contributed by atoms with Gasteiger partial charge in [0, 0.05) is 5.22 Å². The molecule has 0 atom stereocenters. The lowest BCUT2D eigenvalue weighted by Gasteiger charge is -2.03. The molecule has 0 spiro atoms. The van der Waals surface area contributed by atoms with Crippen LogP contribution in [-0.2, 0) is 10.1 Å². The van der Waals surface area contributed by atoms with E-state index in [-0.39, 0.29) is 4.90 Å². The summed E-state index contributed by atoms with van der Waals surface area (Å²) in [6.45, 7) is 5.67. The molecular formula is C14H18O3S. The van der Waals surface area contributed by atoms with Crippen molar-refractivity contribution in [3.63, 3.8) is 0 Å². The van der Waals surface area contributed by atoms with Gasteiger partial charge in [-0.25, -0.2) is 0 Å². The Bertz CT molecular complexity index is 668. The fraction of sp³-hybridized carbons (Fsp3) is 0.286. The lowest BCUT2D eigenvalue weighted by atomic mass is 10.1. The molecule has 0 heterocycles. The van der Waals surface area contributed by atoms with Gasteiger partial charge in [-0.15, -0.1) is 0 Å². The van der Waals surface area contributed by atoms with E-state index in [2.05, 4.69) is 0 Å². The third kappa shape index (κ3) is 3.09. The molecule has 0 aromatic heterocycles. The van der Waals surface area contributed by atoms with E-state index >= 15 is 0 Å². The van der Waals surface area contributed by atoms with Crippen LogP contribution in [0.2, 0.25) is 0 Å². The van der Waals surface area contributed by atoms with Crippen LogP contribution in [0.5, 0.6) is 0 Å². The molecule has 1 N–H and O–H groups in total. The topological polar surface area (TPSA) is 54.4 Å². The number of fused-ring (bicyclic) bond motifs is 1. The average Bonchev–Trinajstić information content (AvgIpc) is 2.54. The second kappa shape index (κ2) is 5.98. The van der Waals surface area contributed by atoms with Gasteiger partial charge in [-0.3, -0.25) is 4.55 Å². The minimum atomic E-state index is -4.18. The SMILES string of the molecule is CC.Cc1ccc2c(c1S(=O)(=O)O)=CC=CCC=2. The van der Waals surface area contributed by atoms with Crippen LogP contribution in [0.3, 0.4) is 0 Å². The van der Waals surface area contributed by atoms with E-state index in [9.17, 15) is 13.0 Å². The van der Waals surface area contributed by atoms with E-state index in [0.29, 0.717) is 10.8 Å². The van der Waals surface area contributed by atoms with Crippen LogP contribution < -0.4 is 10.4 Å². The Balaban J connectivity index is 0.000000771. The van der Waals surface area contributed by atoms with Crippen LogP contribution in [0, 0.1) is 6.92 Å². The number of aryl methyl sites for hydroxylation is 1. The molecule has 0 saturated heterocycles. The maximum Gasteiger partial charge on any atom is 0.295 e. The van der Waals surface area contributed by atoms with E-state index in [4.69, 9.17) is 0 Å². The van der Waals surface area contributed by atoms with Gasteiger partial charge < -0.3 is 0 Å². The van der Waals surface area contributed by atoms with E-state index in [1.807, 2.05) is 32.1 Å². The number of hydrogen-bond acceptors (Lipinski definition) is 2. The monoisotopic (exact) mass is 266 g/mol. The van der Waals surface area contributed by atoms with Crippen molar-refractivity contribution in [2.75, 3.05) is 0 Å². The van der Waals surface area contributed by atoms with E-state index < -0.39 is 10.1 Å². The Morgan fingerprint density at radius 2 is 1.89 bits per heavy atom. The summed E-state index contributed by atoms with van der Waals surface area (Å²) in [6, 6.07) is 3.57. The molecule has 1 aromatic carbocycles. The molecule has 0 radical (unpaired) electrons. The van der Waals surface area contributed by atoms with E-state index in [0.717, 1.165) is 11.6 Å². The minimum Gasteiger partial charge on any atom is -0.282 e. The first-order valence-electron chi connectivity index (χ1n) is 5.94. The van der Waals surface area contributed by atoms with Crippen molar-refractivity contribution >= 4 is 22.3 Å². The number of hydrogen-bond donors (Lipinski definition) is 1. The largest absolute Gasteiger partial charge is 0.295 e. The molecule has 0 amide bonds. The summed E-state index contributed by atoms with van der Waals surface area (Å²) in [7, 11) is -4.18. The highest BCUT2D eigenvalue weighted by atomic mass is 32.2. The van der Waals surface area contributed by atoms with E-state index in [1.165, 1.54) is 0 Å². The standard InChI is InChI=1S/C12H12O3S.C2H6/c1-9-7-8-10-5-3-2-4-6-11(10)12(9)16(13,14)15;1-2/h2,4-8H,3H2,1H3,(H,13,14,15);1-2H3. The summed E-state index contributed by atoms with van der Waals surface area (Å²) < 4.78 is 31.9. The van der Waals surface area contributed by atoms with Gasteiger partial charge in [0.1, 0.15) is 4.90 Å². The highest BCUT2D eigenvalue weighted by Gasteiger charge is 2.15. The van der Waals surface area contributed by atoms with Gasteiger partial charge in [-0.2, -0.15) is 8.42 Å². The fourth-order valence-electron chi connectivity index (χ4n) is 1.85. The van der Waals surface area contributed by atoms with Crippen LogP contribution in [-0.4, -0.2) is 13.0 Å². The van der Waals surface area contributed by atoms with Crippen molar-refractivity contribution in [2.45, 2.75) is 32.1 Å². The number of rotatable bonds is 1. The molecular weight excluding hydrogens is 248 g/mol. The zero-order chi connectivity index (χ0) is 13.8. The number of benzene rings is 1. The van der Waals surface area contributed by atoms with Gasteiger partial charge in [-0.1, -0.05) is 50.3 Å². The summed E-state index contributed by atoms with van der Waals surface area (Å²) in [6.07, 6.45) is 8.15. The molecule has 2 rings (SSSR count). The van der Waals surface area contributed by atoms with Gasteiger partial charge in [-0.05, 0) is 24.1 Å². The summed E-state index contributed by atoms with van der Waals surface area (Å²) in [4.78, 5) is 0.00722. The average molecular weight is 266 g/mol. The van der Waals surface area contributed by atoms with Crippen LogP contribution in [0.25, 0.3) is 12.2 Å². The van der Waals surface area contributed by atoms with Gasteiger partial charge >= 0.3 is 0 Å². The molecule has 0 fully saturated rings. The van der Waals surface area contributed by atoms with Crippen LogP contribution in [0.1, 0.15) is 25.8 Å². The normalized spacial score (nSPS) is 13.3. The van der Waals surface area contributed by atoms with Crippen molar-refractivity contribution in [2.24, 2.45) is 0 Å². The fourth-order valence-corrected chi connectivity index (χ4v) is 2.79. The van der Waals surface area contributed by atoms with E-state index in [1.54, 1.807) is 25.1 Å². The third-order valence-corrected chi connectivity index (χ3v) is 3.62. The summed E-state index contributed by atoms with van der Waals surface area (Å²) in [5, 5.41) is 1.40. The molecule has 0 saturated carbocycles. The Morgan fingerprint density at radius 1 is 1.22 bits per heavy atom. The quantitative estimate of drug-likeness (QED) is 0.788. The zero-order valence-corrected chi connectivity index (χ0v) is 11.7.